The van der Waals surface area contributed by atoms with Crippen LogP contribution in [-0.2, 0) is 0 Å². The van der Waals surface area contributed by atoms with E-state index >= 15 is 0 Å². The summed E-state index contributed by atoms with van der Waals surface area (Å²) in [5, 5.41) is 0.515. The van der Waals surface area contributed by atoms with Gasteiger partial charge in [0.15, 0.2) is 0 Å². The van der Waals surface area contributed by atoms with E-state index in [0.717, 1.165) is 0 Å². The fraction of sp³-hybridized carbons (Fsp3) is 0. The van der Waals surface area contributed by atoms with E-state index in [1.807, 2.05) is 12.1 Å². The molecule has 4 nitrogen and oxygen atoms in total. The number of hydrogen-bond donors (Lipinski definition) is 1. The SMILES string of the molecule is Nc1cncc(Oc2ccccc2Cl)n1. The van der Waals surface area contributed by atoms with Crippen molar-refractivity contribution in [1.82, 2.24) is 9.97 Å². The molecule has 5 heteroatoms. The molecule has 2 aromatic rings. The third kappa shape index (κ3) is 2.35. The van der Waals surface area contributed by atoms with Crippen molar-refractivity contribution in [3.8, 4) is 11.6 Å². The Labute approximate surface area is 91.7 Å². The maximum Gasteiger partial charge on any atom is 0.239 e. The van der Waals surface area contributed by atoms with Crippen LogP contribution in [0.15, 0.2) is 36.7 Å². The number of benzene rings is 1. The molecule has 0 unspecified atom stereocenters. The quantitative estimate of drug-likeness (QED) is 0.847. The molecule has 0 aliphatic rings. The molecule has 0 saturated heterocycles. The Morgan fingerprint density at radius 2 is 2.00 bits per heavy atom. The molecule has 0 amide bonds. The monoisotopic (exact) mass is 221 g/mol. The molecule has 0 saturated carbocycles. The van der Waals surface area contributed by atoms with E-state index in [4.69, 9.17) is 22.1 Å². The van der Waals surface area contributed by atoms with Gasteiger partial charge in [-0.1, -0.05) is 23.7 Å². The number of anilines is 1. The molecule has 0 fully saturated rings. The summed E-state index contributed by atoms with van der Waals surface area (Å²) in [5.74, 6) is 1.15. The number of aromatic nitrogens is 2. The summed E-state index contributed by atoms with van der Waals surface area (Å²) < 4.78 is 5.40. The highest BCUT2D eigenvalue weighted by Gasteiger charge is 2.03. The second-order valence-electron chi connectivity index (χ2n) is 2.81. The molecule has 0 aliphatic heterocycles. The van der Waals surface area contributed by atoms with E-state index in [9.17, 15) is 0 Å². The fourth-order valence-corrected chi connectivity index (χ4v) is 1.23. The summed E-state index contributed by atoms with van der Waals surface area (Å²) in [6.45, 7) is 0. The van der Waals surface area contributed by atoms with E-state index < -0.39 is 0 Å². The highest BCUT2D eigenvalue weighted by atomic mass is 35.5. The number of nitrogens with zero attached hydrogens (tertiary/aromatic N) is 2. The molecular weight excluding hydrogens is 214 g/mol. The summed E-state index contributed by atoms with van der Waals surface area (Å²) in [4.78, 5) is 7.80. The van der Waals surface area contributed by atoms with Crippen molar-refractivity contribution in [2.45, 2.75) is 0 Å². The van der Waals surface area contributed by atoms with Crippen LogP contribution in [0, 0.1) is 0 Å². The summed E-state index contributed by atoms with van der Waals surface area (Å²) in [5.41, 5.74) is 5.46. The van der Waals surface area contributed by atoms with Crippen molar-refractivity contribution >= 4 is 17.4 Å². The Morgan fingerprint density at radius 1 is 1.20 bits per heavy atom. The van der Waals surface area contributed by atoms with Crippen LogP contribution in [0.5, 0.6) is 11.6 Å². The van der Waals surface area contributed by atoms with Gasteiger partial charge < -0.3 is 10.5 Å². The van der Waals surface area contributed by atoms with Crippen molar-refractivity contribution in [3.63, 3.8) is 0 Å². The molecule has 15 heavy (non-hydrogen) atoms. The molecule has 2 N–H and O–H groups in total. The average molecular weight is 222 g/mol. The number of nitrogen functional groups attached to an aromatic ring is 1. The highest BCUT2D eigenvalue weighted by molar-refractivity contribution is 6.32. The van der Waals surface area contributed by atoms with Crippen molar-refractivity contribution in [2.75, 3.05) is 5.73 Å². The lowest BCUT2D eigenvalue weighted by Gasteiger charge is -2.05. The average Bonchev–Trinajstić information content (AvgIpc) is 2.22. The van der Waals surface area contributed by atoms with Crippen molar-refractivity contribution in [2.24, 2.45) is 0 Å². The van der Waals surface area contributed by atoms with Gasteiger partial charge in [0, 0.05) is 0 Å². The predicted octanol–water partition coefficient (Wildman–Crippen LogP) is 2.50. The maximum absolute atomic E-state index is 5.91. The number of hydrogen-bond acceptors (Lipinski definition) is 4. The standard InChI is InChI=1S/C10H8ClN3O/c11-7-3-1-2-4-8(7)15-10-6-13-5-9(12)14-10/h1-6H,(H2,12,14). The minimum absolute atomic E-state index is 0.305. The second-order valence-corrected chi connectivity index (χ2v) is 3.22. The lowest BCUT2D eigenvalue weighted by Crippen LogP contribution is -1.94. The van der Waals surface area contributed by atoms with Crippen LogP contribution in [0.4, 0.5) is 5.82 Å². The van der Waals surface area contributed by atoms with E-state index in [1.54, 1.807) is 12.1 Å². The highest BCUT2D eigenvalue weighted by Crippen LogP contribution is 2.27. The molecule has 1 aromatic carbocycles. The van der Waals surface area contributed by atoms with Crippen molar-refractivity contribution in [3.05, 3.63) is 41.7 Å². The van der Waals surface area contributed by atoms with Crippen molar-refractivity contribution < 1.29 is 4.74 Å². The number of halogens is 1. The summed E-state index contributed by atoms with van der Waals surface area (Å²) in [6, 6.07) is 7.12. The topological polar surface area (TPSA) is 61.0 Å². The van der Waals surface area contributed by atoms with E-state index in [2.05, 4.69) is 9.97 Å². The molecular formula is C10H8ClN3O. The van der Waals surface area contributed by atoms with Gasteiger partial charge in [-0.2, -0.15) is 4.98 Å². The molecule has 76 valence electrons. The summed E-state index contributed by atoms with van der Waals surface area (Å²) in [7, 11) is 0. The van der Waals surface area contributed by atoms with Gasteiger partial charge in [0.25, 0.3) is 0 Å². The molecule has 1 heterocycles. The Bertz CT molecular complexity index is 476. The van der Waals surface area contributed by atoms with Crippen LogP contribution in [0.25, 0.3) is 0 Å². The van der Waals surface area contributed by atoms with Crippen LogP contribution < -0.4 is 10.5 Å². The van der Waals surface area contributed by atoms with Gasteiger partial charge in [0.2, 0.25) is 5.88 Å². The zero-order chi connectivity index (χ0) is 10.7. The minimum atomic E-state index is 0.305. The molecule has 0 atom stereocenters. The molecule has 0 aliphatic carbocycles. The lowest BCUT2D eigenvalue weighted by molar-refractivity contribution is 0.461. The fourth-order valence-electron chi connectivity index (χ4n) is 1.05. The van der Waals surface area contributed by atoms with Gasteiger partial charge >= 0.3 is 0 Å². The van der Waals surface area contributed by atoms with Gasteiger partial charge in [-0.3, -0.25) is 4.98 Å². The van der Waals surface area contributed by atoms with Gasteiger partial charge in [-0.15, -0.1) is 0 Å². The van der Waals surface area contributed by atoms with Crippen LogP contribution in [0.3, 0.4) is 0 Å². The molecule has 0 bridgehead atoms. The van der Waals surface area contributed by atoms with Gasteiger partial charge in [0.1, 0.15) is 11.6 Å². The van der Waals surface area contributed by atoms with Crippen LogP contribution >= 0.6 is 11.6 Å². The van der Waals surface area contributed by atoms with Gasteiger partial charge in [0.05, 0.1) is 17.4 Å². The smallest absolute Gasteiger partial charge is 0.239 e. The summed E-state index contributed by atoms with van der Waals surface area (Å²) >= 11 is 5.91. The Morgan fingerprint density at radius 3 is 2.73 bits per heavy atom. The first kappa shape index (κ1) is 9.73. The molecule has 1 aromatic heterocycles. The summed E-state index contributed by atoms with van der Waals surface area (Å²) in [6.07, 6.45) is 2.92. The van der Waals surface area contributed by atoms with E-state index in [1.165, 1.54) is 12.4 Å². The predicted molar refractivity (Wildman–Crippen MR) is 58.0 cm³/mol. The van der Waals surface area contributed by atoms with Crippen molar-refractivity contribution in [1.29, 1.82) is 0 Å². The van der Waals surface area contributed by atoms with Gasteiger partial charge in [-0.25, -0.2) is 0 Å². The van der Waals surface area contributed by atoms with E-state index in [0.29, 0.717) is 22.5 Å². The molecule has 2 rings (SSSR count). The first-order valence-corrected chi connectivity index (χ1v) is 4.63. The number of nitrogens with two attached hydrogens (primary N) is 1. The second kappa shape index (κ2) is 4.14. The normalized spacial score (nSPS) is 9.93. The molecule has 0 radical (unpaired) electrons. The number of rotatable bonds is 2. The number of para-hydroxylation sites is 1. The largest absolute Gasteiger partial charge is 0.436 e. The zero-order valence-electron chi connectivity index (χ0n) is 7.72. The van der Waals surface area contributed by atoms with Crippen LogP contribution in [0.1, 0.15) is 0 Å². The Kier molecular flexibility index (Phi) is 2.69. The third-order valence-electron chi connectivity index (χ3n) is 1.68. The van der Waals surface area contributed by atoms with E-state index in [-0.39, 0.29) is 0 Å². The first-order valence-electron chi connectivity index (χ1n) is 4.25. The van der Waals surface area contributed by atoms with Gasteiger partial charge in [-0.05, 0) is 12.1 Å². The maximum atomic E-state index is 5.91. The Balaban J connectivity index is 2.26. The van der Waals surface area contributed by atoms with Crippen LogP contribution in [0.2, 0.25) is 5.02 Å². The third-order valence-corrected chi connectivity index (χ3v) is 1.99. The molecule has 0 spiro atoms. The lowest BCUT2D eigenvalue weighted by atomic mass is 10.3. The Hall–Kier alpha value is -1.81. The zero-order valence-corrected chi connectivity index (χ0v) is 8.48. The van der Waals surface area contributed by atoms with Crippen LogP contribution in [-0.4, -0.2) is 9.97 Å². The minimum Gasteiger partial charge on any atom is -0.436 e. The number of ether oxygens (including phenoxy) is 1. The first-order chi connectivity index (χ1) is 7.25.